The van der Waals surface area contributed by atoms with E-state index in [0.29, 0.717) is 43.3 Å². The molecule has 3 rings (SSSR count). The number of anilines is 1. The average Bonchev–Trinajstić information content (AvgIpc) is 3.14. The van der Waals surface area contributed by atoms with Crippen molar-refractivity contribution in [1.82, 2.24) is 14.7 Å². The molecular weight excluding hydrogens is 388 g/mol. The summed E-state index contributed by atoms with van der Waals surface area (Å²) in [6.45, 7) is 5.45. The van der Waals surface area contributed by atoms with Gasteiger partial charge in [-0.05, 0) is 36.8 Å². The van der Waals surface area contributed by atoms with E-state index in [-0.39, 0.29) is 17.9 Å². The third-order valence-electron chi connectivity index (χ3n) is 5.26. The van der Waals surface area contributed by atoms with Crippen molar-refractivity contribution in [3.63, 3.8) is 0 Å². The van der Waals surface area contributed by atoms with E-state index >= 15 is 0 Å². The van der Waals surface area contributed by atoms with E-state index in [1.165, 1.54) is 0 Å². The van der Waals surface area contributed by atoms with Gasteiger partial charge in [0, 0.05) is 37.0 Å². The van der Waals surface area contributed by atoms with Gasteiger partial charge in [0.1, 0.15) is 5.82 Å². The average molecular weight is 417 g/mol. The highest BCUT2D eigenvalue weighted by molar-refractivity contribution is 6.31. The minimum atomic E-state index is 0.00827. The maximum atomic E-state index is 12.6. The molecule has 1 aromatic heterocycles. The van der Waals surface area contributed by atoms with Gasteiger partial charge in [0.2, 0.25) is 11.8 Å². The summed E-state index contributed by atoms with van der Waals surface area (Å²) in [5, 5.41) is 8.09. The van der Waals surface area contributed by atoms with Crippen LogP contribution in [-0.2, 0) is 16.0 Å². The van der Waals surface area contributed by atoms with Gasteiger partial charge in [-0.3, -0.25) is 9.59 Å². The number of nitrogens with one attached hydrogen (secondary N) is 1. The van der Waals surface area contributed by atoms with Gasteiger partial charge in [0.15, 0.2) is 0 Å². The molecule has 1 fully saturated rings. The van der Waals surface area contributed by atoms with Crippen molar-refractivity contribution in [2.24, 2.45) is 5.92 Å². The highest BCUT2D eigenvalue weighted by Gasteiger charge is 2.25. The van der Waals surface area contributed by atoms with Crippen molar-refractivity contribution >= 4 is 29.2 Å². The van der Waals surface area contributed by atoms with E-state index in [0.717, 1.165) is 24.2 Å². The third kappa shape index (κ3) is 5.82. The minimum absolute atomic E-state index is 0.00827. The summed E-state index contributed by atoms with van der Waals surface area (Å²) in [6.07, 6.45) is 4.98. The van der Waals surface area contributed by atoms with Crippen LogP contribution in [0.1, 0.15) is 51.1 Å². The Morgan fingerprint density at radius 3 is 2.62 bits per heavy atom. The second-order valence-electron chi connectivity index (χ2n) is 8.01. The van der Waals surface area contributed by atoms with Crippen LogP contribution in [0.2, 0.25) is 5.02 Å². The topological polar surface area (TPSA) is 67.2 Å². The number of aromatic nitrogens is 2. The van der Waals surface area contributed by atoms with Gasteiger partial charge in [-0.2, -0.15) is 5.10 Å². The van der Waals surface area contributed by atoms with Crippen LogP contribution in [0.15, 0.2) is 36.5 Å². The van der Waals surface area contributed by atoms with Gasteiger partial charge >= 0.3 is 0 Å². The predicted molar refractivity (Wildman–Crippen MR) is 115 cm³/mol. The number of rotatable bonds is 7. The maximum absolute atomic E-state index is 12.6. The van der Waals surface area contributed by atoms with Crippen LogP contribution < -0.4 is 5.32 Å². The number of piperidine rings is 1. The van der Waals surface area contributed by atoms with Crippen molar-refractivity contribution in [2.75, 3.05) is 18.4 Å². The summed E-state index contributed by atoms with van der Waals surface area (Å²) in [6, 6.07) is 9.68. The molecule has 0 atom stereocenters. The summed E-state index contributed by atoms with van der Waals surface area (Å²) < 4.78 is 1.89. The van der Waals surface area contributed by atoms with Gasteiger partial charge in [-0.15, -0.1) is 0 Å². The lowest BCUT2D eigenvalue weighted by atomic mass is 10.0. The standard InChI is InChI=1S/C22H29ClN4O2/c1-16(2)15-21(28)25-20-9-12-24-27(20)18-10-13-26(14-11-18)22(29)8-7-17-5-3-4-6-19(17)23/h3-6,9,12,16,18H,7-8,10-11,13-15H2,1-2H3,(H,25,28). The van der Waals surface area contributed by atoms with Gasteiger partial charge in [-0.25, -0.2) is 4.68 Å². The SMILES string of the molecule is CC(C)CC(=O)Nc1ccnn1C1CCN(C(=O)CCc2ccccc2Cl)CC1. The number of nitrogens with zero attached hydrogens (tertiary/aromatic N) is 3. The molecule has 2 heterocycles. The molecule has 29 heavy (non-hydrogen) atoms. The molecule has 0 radical (unpaired) electrons. The molecule has 1 saturated heterocycles. The molecule has 0 bridgehead atoms. The van der Waals surface area contributed by atoms with Crippen LogP contribution in [0.5, 0.6) is 0 Å². The summed E-state index contributed by atoms with van der Waals surface area (Å²) in [5.74, 6) is 1.22. The quantitative estimate of drug-likeness (QED) is 0.730. The highest BCUT2D eigenvalue weighted by atomic mass is 35.5. The Bertz CT molecular complexity index is 841. The molecule has 1 aliphatic rings. The van der Waals surface area contributed by atoms with Gasteiger partial charge < -0.3 is 10.2 Å². The fourth-order valence-corrected chi connectivity index (χ4v) is 3.96. The molecule has 156 valence electrons. The van der Waals surface area contributed by atoms with E-state index in [2.05, 4.69) is 10.4 Å². The number of likely N-dealkylation sites (tertiary alicyclic amines) is 1. The summed E-state index contributed by atoms with van der Waals surface area (Å²) in [5.41, 5.74) is 1.01. The molecule has 0 saturated carbocycles. The predicted octanol–water partition coefficient (Wildman–Crippen LogP) is 4.32. The van der Waals surface area contributed by atoms with Crippen LogP contribution in [-0.4, -0.2) is 39.6 Å². The zero-order valence-corrected chi connectivity index (χ0v) is 17.9. The zero-order valence-electron chi connectivity index (χ0n) is 17.1. The maximum Gasteiger partial charge on any atom is 0.225 e. The monoisotopic (exact) mass is 416 g/mol. The fraction of sp³-hybridized carbons (Fsp3) is 0.500. The molecule has 1 N–H and O–H groups in total. The summed E-state index contributed by atoms with van der Waals surface area (Å²) in [4.78, 5) is 26.6. The third-order valence-corrected chi connectivity index (χ3v) is 5.63. The lowest BCUT2D eigenvalue weighted by Crippen LogP contribution is -2.39. The summed E-state index contributed by atoms with van der Waals surface area (Å²) >= 11 is 6.18. The molecule has 2 amide bonds. The summed E-state index contributed by atoms with van der Waals surface area (Å²) in [7, 11) is 0. The molecule has 0 unspecified atom stereocenters. The number of aryl methyl sites for hydroxylation is 1. The normalized spacial score (nSPS) is 15.0. The van der Waals surface area contributed by atoms with Crippen molar-refractivity contribution < 1.29 is 9.59 Å². The number of halogens is 1. The smallest absolute Gasteiger partial charge is 0.225 e. The van der Waals surface area contributed by atoms with E-state index in [1.807, 2.05) is 53.8 Å². The van der Waals surface area contributed by atoms with Crippen molar-refractivity contribution in [1.29, 1.82) is 0 Å². The second-order valence-corrected chi connectivity index (χ2v) is 8.42. The molecule has 0 spiro atoms. The van der Waals surface area contributed by atoms with E-state index in [4.69, 9.17) is 11.6 Å². The Morgan fingerprint density at radius 1 is 1.21 bits per heavy atom. The molecule has 6 nitrogen and oxygen atoms in total. The Hall–Kier alpha value is -2.34. The first-order chi connectivity index (χ1) is 13.9. The van der Waals surface area contributed by atoms with Crippen LogP contribution in [0, 0.1) is 5.92 Å². The molecule has 1 aliphatic heterocycles. The Morgan fingerprint density at radius 2 is 1.93 bits per heavy atom. The molecule has 7 heteroatoms. The lowest BCUT2D eigenvalue weighted by Gasteiger charge is -2.33. The molecular formula is C22H29ClN4O2. The lowest BCUT2D eigenvalue weighted by molar-refractivity contribution is -0.132. The zero-order chi connectivity index (χ0) is 20.8. The number of benzene rings is 1. The Balaban J connectivity index is 1.50. The van der Waals surface area contributed by atoms with E-state index in [9.17, 15) is 9.59 Å². The van der Waals surface area contributed by atoms with Crippen LogP contribution in [0.25, 0.3) is 0 Å². The fourth-order valence-electron chi connectivity index (χ4n) is 3.73. The molecule has 2 aromatic rings. The first-order valence-electron chi connectivity index (χ1n) is 10.3. The van der Waals surface area contributed by atoms with Crippen molar-refractivity contribution in [3.8, 4) is 0 Å². The largest absolute Gasteiger partial charge is 0.343 e. The Kier molecular flexibility index (Phi) is 7.31. The number of hydrogen-bond acceptors (Lipinski definition) is 3. The van der Waals surface area contributed by atoms with E-state index in [1.54, 1.807) is 6.20 Å². The number of carbonyl (C=O) groups excluding carboxylic acids is 2. The molecule has 0 aliphatic carbocycles. The van der Waals surface area contributed by atoms with Gasteiger partial charge in [0.05, 0.1) is 12.2 Å². The first-order valence-corrected chi connectivity index (χ1v) is 10.7. The Labute approximate surface area is 177 Å². The van der Waals surface area contributed by atoms with Gasteiger partial charge in [0.25, 0.3) is 0 Å². The van der Waals surface area contributed by atoms with Crippen LogP contribution in [0.4, 0.5) is 5.82 Å². The first kappa shape index (κ1) is 21.4. The number of amides is 2. The minimum Gasteiger partial charge on any atom is -0.343 e. The van der Waals surface area contributed by atoms with Crippen molar-refractivity contribution in [2.45, 2.75) is 52.0 Å². The number of hydrogen-bond donors (Lipinski definition) is 1. The van der Waals surface area contributed by atoms with E-state index < -0.39 is 0 Å². The highest BCUT2D eigenvalue weighted by Crippen LogP contribution is 2.26. The number of carbonyl (C=O) groups is 2. The van der Waals surface area contributed by atoms with Crippen LogP contribution >= 0.6 is 11.6 Å². The van der Waals surface area contributed by atoms with Crippen molar-refractivity contribution in [3.05, 3.63) is 47.1 Å². The second kappa shape index (κ2) is 9.92. The van der Waals surface area contributed by atoms with Crippen LogP contribution in [0.3, 0.4) is 0 Å². The van der Waals surface area contributed by atoms with Gasteiger partial charge in [-0.1, -0.05) is 43.6 Å². The molecule has 1 aromatic carbocycles.